The van der Waals surface area contributed by atoms with Crippen LogP contribution in [-0.2, 0) is 0 Å². The molecule has 1 saturated heterocycles. The lowest BCUT2D eigenvalue weighted by molar-refractivity contribution is 0.313. The molecular weight excluding hydrogens is 196 g/mol. The predicted octanol–water partition coefficient (Wildman–Crippen LogP) is 2.39. The molecule has 0 atom stereocenters. The molecule has 1 aromatic rings. The van der Waals surface area contributed by atoms with E-state index < -0.39 is 0 Å². The Labute approximate surface area is 98.2 Å². The number of benzene rings is 1. The molecule has 0 N–H and O–H groups in total. The summed E-state index contributed by atoms with van der Waals surface area (Å²) in [5.41, 5.74) is 3.93. The maximum absolute atomic E-state index is 3.93. The normalized spacial score (nSPS) is 17.5. The third kappa shape index (κ3) is 2.12. The fraction of sp³-hybridized carbons (Fsp3) is 0.429. The van der Waals surface area contributed by atoms with Crippen LogP contribution in [0.4, 0.5) is 5.69 Å². The fourth-order valence-electron chi connectivity index (χ4n) is 2.25. The summed E-state index contributed by atoms with van der Waals surface area (Å²) in [5, 5.41) is 0. The van der Waals surface area contributed by atoms with Crippen LogP contribution < -0.4 is 4.90 Å². The summed E-state index contributed by atoms with van der Waals surface area (Å²) in [6, 6.07) is 6.49. The van der Waals surface area contributed by atoms with Crippen LogP contribution in [0.2, 0.25) is 0 Å². The summed E-state index contributed by atoms with van der Waals surface area (Å²) in [6.45, 7) is 10.6. The van der Waals surface area contributed by atoms with Crippen molar-refractivity contribution in [1.82, 2.24) is 4.90 Å². The molecule has 2 nitrogen and oxygen atoms in total. The smallest absolute Gasteiger partial charge is 0.0443 e. The van der Waals surface area contributed by atoms with Crippen LogP contribution in [0, 0.1) is 6.92 Å². The molecule has 1 heterocycles. The second-order valence-corrected chi connectivity index (χ2v) is 4.50. The van der Waals surface area contributed by atoms with Gasteiger partial charge in [0.05, 0.1) is 0 Å². The van der Waals surface area contributed by atoms with Crippen LogP contribution in [0.1, 0.15) is 11.1 Å². The van der Waals surface area contributed by atoms with Gasteiger partial charge in [0, 0.05) is 37.4 Å². The summed E-state index contributed by atoms with van der Waals surface area (Å²) in [6.07, 6.45) is 1.98. The first-order valence-electron chi connectivity index (χ1n) is 5.88. The van der Waals surface area contributed by atoms with Crippen LogP contribution in [0.25, 0.3) is 6.08 Å². The van der Waals surface area contributed by atoms with Gasteiger partial charge < -0.3 is 9.80 Å². The summed E-state index contributed by atoms with van der Waals surface area (Å²) >= 11 is 0. The molecule has 1 aliphatic heterocycles. The highest BCUT2D eigenvalue weighted by Gasteiger charge is 2.16. The van der Waals surface area contributed by atoms with Crippen molar-refractivity contribution < 1.29 is 0 Å². The number of hydrogen-bond donors (Lipinski definition) is 0. The van der Waals surface area contributed by atoms with Gasteiger partial charge in [0.15, 0.2) is 0 Å². The predicted molar refractivity (Wildman–Crippen MR) is 71.0 cm³/mol. The van der Waals surface area contributed by atoms with E-state index >= 15 is 0 Å². The zero-order valence-electron chi connectivity index (χ0n) is 10.2. The van der Waals surface area contributed by atoms with Gasteiger partial charge in [-0.2, -0.15) is 0 Å². The number of piperazine rings is 1. The number of nitrogens with zero attached hydrogens (tertiary/aromatic N) is 2. The summed E-state index contributed by atoms with van der Waals surface area (Å²) in [7, 11) is 2.18. The Hall–Kier alpha value is -1.28. The molecule has 0 saturated carbocycles. The molecule has 0 spiro atoms. The Morgan fingerprint density at radius 1 is 1.19 bits per heavy atom. The van der Waals surface area contributed by atoms with Crippen molar-refractivity contribution in [2.24, 2.45) is 0 Å². The Kier molecular flexibility index (Phi) is 3.30. The van der Waals surface area contributed by atoms with Crippen molar-refractivity contribution in [3.63, 3.8) is 0 Å². The van der Waals surface area contributed by atoms with Crippen molar-refractivity contribution >= 4 is 11.8 Å². The highest BCUT2D eigenvalue weighted by Crippen LogP contribution is 2.25. The zero-order chi connectivity index (χ0) is 11.5. The Morgan fingerprint density at radius 2 is 1.88 bits per heavy atom. The maximum atomic E-state index is 3.93. The topological polar surface area (TPSA) is 6.48 Å². The van der Waals surface area contributed by atoms with E-state index in [1.54, 1.807) is 0 Å². The molecule has 0 unspecified atom stereocenters. The van der Waals surface area contributed by atoms with Gasteiger partial charge in [-0.3, -0.25) is 0 Å². The minimum absolute atomic E-state index is 1.11. The fourth-order valence-corrected chi connectivity index (χ4v) is 2.25. The van der Waals surface area contributed by atoms with Crippen LogP contribution in [0.5, 0.6) is 0 Å². The number of hydrogen-bond acceptors (Lipinski definition) is 2. The van der Waals surface area contributed by atoms with Crippen LogP contribution in [-0.4, -0.2) is 38.1 Å². The van der Waals surface area contributed by atoms with E-state index in [2.05, 4.69) is 48.5 Å². The maximum Gasteiger partial charge on any atom is 0.0443 e. The van der Waals surface area contributed by atoms with Gasteiger partial charge in [-0.05, 0) is 25.6 Å². The minimum Gasteiger partial charge on any atom is -0.368 e. The van der Waals surface area contributed by atoms with Gasteiger partial charge in [-0.15, -0.1) is 0 Å². The standard InChI is InChI=1S/C14H20N2/c1-4-13-12(2)6-5-7-14(13)16-10-8-15(3)9-11-16/h4-7H,1,8-11H2,2-3H3. The van der Waals surface area contributed by atoms with E-state index in [-0.39, 0.29) is 0 Å². The molecule has 0 bridgehead atoms. The molecule has 86 valence electrons. The van der Waals surface area contributed by atoms with Crippen molar-refractivity contribution in [3.8, 4) is 0 Å². The van der Waals surface area contributed by atoms with E-state index in [0.29, 0.717) is 0 Å². The first-order chi connectivity index (χ1) is 7.72. The first kappa shape index (κ1) is 11.2. The van der Waals surface area contributed by atoms with Gasteiger partial charge in [0.1, 0.15) is 0 Å². The molecule has 16 heavy (non-hydrogen) atoms. The summed E-state index contributed by atoms with van der Waals surface area (Å²) in [5.74, 6) is 0. The van der Waals surface area contributed by atoms with Crippen molar-refractivity contribution in [2.45, 2.75) is 6.92 Å². The van der Waals surface area contributed by atoms with E-state index in [1.807, 2.05) is 6.08 Å². The van der Waals surface area contributed by atoms with Gasteiger partial charge in [-0.1, -0.05) is 24.8 Å². The second kappa shape index (κ2) is 4.71. The molecular formula is C14H20N2. The Balaban J connectivity index is 2.26. The third-order valence-electron chi connectivity index (χ3n) is 3.35. The SMILES string of the molecule is C=Cc1c(C)cccc1N1CCN(C)CC1. The van der Waals surface area contributed by atoms with E-state index in [1.165, 1.54) is 16.8 Å². The van der Waals surface area contributed by atoms with Gasteiger partial charge in [0.2, 0.25) is 0 Å². The summed E-state index contributed by atoms with van der Waals surface area (Å²) < 4.78 is 0. The van der Waals surface area contributed by atoms with Crippen LogP contribution in [0.3, 0.4) is 0 Å². The van der Waals surface area contributed by atoms with Gasteiger partial charge >= 0.3 is 0 Å². The lowest BCUT2D eigenvalue weighted by atomic mass is 10.1. The molecule has 0 aromatic heterocycles. The zero-order valence-corrected chi connectivity index (χ0v) is 10.2. The first-order valence-corrected chi connectivity index (χ1v) is 5.88. The molecule has 1 fully saturated rings. The molecule has 1 aliphatic rings. The third-order valence-corrected chi connectivity index (χ3v) is 3.35. The van der Waals surface area contributed by atoms with Crippen LogP contribution in [0.15, 0.2) is 24.8 Å². The molecule has 0 aliphatic carbocycles. The Bertz CT molecular complexity index is 376. The molecule has 0 radical (unpaired) electrons. The average molecular weight is 216 g/mol. The number of likely N-dealkylation sites (N-methyl/N-ethyl adjacent to an activating group) is 1. The van der Waals surface area contributed by atoms with E-state index in [9.17, 15) is 0 Å². The highest BCUT2D eigenvalue weighted by atomic mass is 15.2. The molecule has 0 amide bonds. The van der Waals surface area contributed by atoms with Gasteiger partial charge in [-0.25, -0.2) is 0 Å². The molecule has 2 heteroatoms. The number of rotatable bonds is 2. The van der Waals surface area contributed by atoms with Crippen LogP contribution >= 0.6 is 0 Å². The lowest BCUT2D eigenvalue weighted by Gasteiger charge is -2.35. The largest absolute Gasteiger partial charge is 0.368 e. The average Bonchev–Trinajstić information content (AvgIpc) is 2.30. The number of aryl methyl sites for hydroxylation is 1. The monoisotopic (exact) mass is 216 g/mol. The van der Waals surface area contributed by atoms with Crippen molar-refractivity contribution in [1.29, 1.82) is 0 Å². The van der Waals surface area contributed by atoms with Gasteiger partial charge in [0.25, 0.3) is 0 Å². The quantitative estimate of drug-likeness (QED) is 0.749. The molecule has 1 aromatic carbocycles. The number of anilines is 1. The summed E-state index contributed by atoms with van der Waals surface area (Å²) in [4.78, 5) is 4.84. The second-order valence-electron chi connectivity index (χ2n) is 4.50. The highest BCUT2D eigenvalue weighted by molar-refractivity contribution is 5.69. The van der Waals surface area contributed by atoms with E-state index in [0.717, 1.165) is 26.2 Å². The Morgan fingerprint density at radius 3 is 2.50 bits per heavy atom. The van der Waals surface area contributed by atoms with Crippen molar-refractivity contribution in [2.75, 3.05) is 38.1 Å². The lowest BCUT2D eigenvalue weighted by Crippen LogP contribution is -2.44. The van der Waals surface area contributed by atoms with E-state index in [4.69, 9.17) is 0 Å². The molecule has 2 rings (SSSR count). The van der Waals surface area contributed by atoms with Crippen molar-refractivity contribution in [3.05, 3.63) is 35.9 Å². The minimum atomic E-state index is 1.11.